The Morgan fingerprint density at radius 3 is 2.35 bits per heavy atom. The third-order valence-electron chi connectivity index (χ3n) is 3.40. The third kappa shape index (κ3) is 6.10. The number of benzene rings is 1. The Labute approximate surface area is 143 Å². The van der Waals surface area contributed by atoms with Gasteiger partial charge in [0, 0.05) is 12.8 Å². The van der Waals surface area contributed by atoms with E-state index in [4.69, 9.17) is 10.5 Å². The number of anilines is 1. The van der Waals surface area contributed by atoms with E-state index in [1.54, 1.807) is 19.1 Å². The average molecular weight is 344 g/mol. The van der Waals surface area contributed by atoms with Gasteiger partial charge in [-0.3, -0.25) is 9.59 Å². The molecular weight excluding hydrogens is 318 g/mol. The number of nitrogens with two attached hydrogens (primary N) is 1. The summed E-state index contributed by atoms with van der Waals surface area (Å²) in [5.74, 6) is -0.726. The van der Waals surface area contributed by atoms with Gasteiger partial charge >= 0.3 is 5.97 Å². The van der Waals surface area contributed by atoms with E-state index in [2.05, 4.69) is 0 Å². The fraction of sp³-hybridized carbons (Fsp3) is 0.529. The fourth-order valence-electron chi connectivity index (χ4n) is 2.06. The van der Waals surface area contributed by atoms with Crippen LogP contribution in [0.5, 0.6) is 5.75 Å². The summed E-state index contributed by atoms with van der Waals surface area (Å²) in [6, 6.07) is 3.36. The molecule has 1 aromatic rings. The third-order valence-corrected chi connectivity index (χ3v) is 3.40. The normalized spacial score (nSPS) is 10.8. The first-order chi connectivity index (χ1) is 10.2. The predicted octanol–water partition coefficient (Wildman–Crippen LogP) is 3.61. The van der Waals surface area contributed by atoms with Crippen LogP contribution in [0.1, 0.15) is 62.9 Å². The fourth-order valence-corrected chi connectivity index (χ4v) is 2.06. The summed E-state index contributed by atoms with van der Waals surface area (Å²) >= 11 is 0. The summed E-state index contributed by atoms with van der Waals surface area (Å²) in [6.07, 6.45) is 0.741. The Balaban J connectivity index is 0.00000484. The van der Waals surface area contributed by atoms with Crippen LogP contribution in [0.4, 0.5) is 5.69 Å². The lowest BCUT2D eigenvalue weighted by Crippen LogP contribution is -2.14. The number of aromatic hydroxyl groups is 1. The van der Waals surface area contributed by atoms with Crippen molar-refractivity contribution in [1.82, 2.24) is 0 Å². The van der Waals surface area contributed by atoms with Crippen molar-refractivity contribution in [3.05, 3.63) is 23.3 Å². The van der Waals surface area contributed by atoms with Gasteiger partial charge in [0.2, 0.25) is 0 Å². The Hall–Kier alpha value is -1.75. The van der Waals surface area contributed by atoms with Crippen LogP contribution >= 0.6 is 12.4 Å². The van der Waals surface area contributed by atoms with Crippen LogP contribution in [0.3, 0.4) is 0 Å². The number of ether oxygens (including phenoxy) is 1. The Morgan fingerprint density at radius 2 is 1.83 bits per heavy atom. The molecule has 0 spiro atoms. The van der Waals surface area contributed by atoms with Gasteiger partial charge in [-0.15, -0.1) is 12.4 Å². The van der Waals surface area contributed by atoms with E-state index in [9.17, 15) is 14.7 Å². The van der Waals surface area contributed by atoms with E-state index in [0.29, 0.717) is 13.0 Å². The van der Waals surface area contributed by atoms with Gasteiger partial charge < -0.3 is 15.6 Å². The molecule has 3 N–H and O–H groups in total. The summed E-state index contributed by atoms with van der Waals surface area (Å²) in [4.78, 5) is 23.5. The molecule has 1 rings (SSSR count). The molecular formula is C17H26ClNO4. The highest BCUT2D eigenvalue weighted by Gasteiger charge is 2.21. The van der Waals surface area contributed by atoms with Crippen molar-refractivity contribution in [2.45, 2.75) is 52.4 Å². The molecule has 0 fully saturated rings. The van der Waals surface area contributed by atoms with E-state index < -0.39 is 0 Å². The number of halogens is 1. The molecule has 0 radical (unpaired) electrons. The van der Waals surface area contributed by atoms with Crippen LogP contribution in [0, 0.1) is 0 Å². The molecule has 0 heterocycles. The largest absolute Gasteiger partial charge is 0.505 e. The van der Waals surface area contributed by atoms with Crippen molar-refractivity contribution in [3.8, 4) is 5.75 Å². The summed E-state index contributed by atoms with van der Waals surface area (Å²) in [5.41, 5.74) is 6.91. The molecule has 130 valence electrons. The van der Waals surface area contributed by atoms with Crippen LogP contribution in [0.2, 0.25) is 0 Å². The zero-order valence-electron chi connectivity index (χ0n) is 14.1. The Bertz CT molecular complexity index is 564. The quantitative estimate of drug-likeness (QED) is 0.356. The molecule has 0 saturated heterocycles. The van der Waals surface area contributed by atoms with Crippen LogP contribution in [0.25, 0.3) is 0 Å². The first kappa shape index (κ1) is 21.2. The minimum Gasteiger partial charge on any atom is -0.505 e. The van der Waals surface area contributed by atoms with Crippen LogP contribution in [0.15, 0.2) is 12.1 Å². The molecule has 0 aliphatic rings. The lowest BCUT2D eigenvalue weighted by atomic mass is 9.85. The van der Waals surface area contributed by atoms with Crippen molar-refractivity contribution in [3.63, 3.8) is 0 Å². The number of rotatable bonds is 6. The van der Waals surface area contributed by atoms with Gasteiger partial charge in [0.15, 0.2) is 5.78 Å². The lowest BCUT2D eigenvalue weighted by molar-refractivity contribution is -0.143. The smallest absolute Gasteiger partial charge is 0.305 e. The predicted molar refractivity (Wildman–Crippen MR) is 93.3 cm³/mol. The number of hydrogen-bond donors (Lipinski definition) is 2. The number of carbonyl (C=O) groups is 2. The molecule has 5 nitrogen and oxygen atoms in total. The van der Waals surface area contributed by atoms with Crippen molar-refractivity contribution < 1.29 is 19.4 Å². The first-order valence-electron chi connectivity index (χ1n) is 7.48. The van der Waals surface area contributed by atoms with E-state index in [-0.39, 0.29) is 59.4 Å². The number of ketones is 1. The summed E-state index contributed by atoms with van der Waals surface area (Å²) < 4.78 is 4.82. The van der Waals surface area contributed by atoms with Gasteiger partial charge in [0.05, 0.1) is 17.9 Å². The second-order valence-electron chi connectivity index (χ2n) is 6.29. The zero-order valence-corrected chi connectivity index (χ0v) is 15.0. The Morgan fingerprint density at radius 1 is 1.22 bits per heavy atom. The number of Topliss-reactive ketones (excluding diaryl/α,β-unsaturated/α-hetero) is 1. The highest BCUT2D eigenvalue weighted by atomic mass is 35.5. The Kier molecular flexibility index (Phi) is 8.10. The number of nitrogen functional groups attached to an aromatic ring is 1. The molecule has 6 heteroatoms. The van der Waals surface area contributed by atoms with Gasteiger partial charge in [-0.25, -0.2) is 0 Å². The maximum absolute atomic E-state index is 12.3. The minimum atomic E-state index is -0.317. The molecule has 0 unspecified atom stereocenters. The van der Waals surface area contributed by atoms with Crippen LogP contribution in [-0.2, 0) is 14.9 Å². The second-order valence-corrected chi connectivity index (χ2v) is 6.29. The van der Waals surface area contributed by atoms with Gasteiger partial charge in [0.1, 0.15) is 5.75 Å². The molecule has 23 heavy (non-hydrogen) atoms. The van der Waals surface area contributed by atoms with Crippen molar-refractivity contribution >= 4 is 29.8 Å². The summed E-state index contributed by atoms with van der Waals surface area (Å²) in [7, 11) is 0. The number of hydrogen-bond acceptors (Lipinski definition) is 5. The molecule has 0 bridgehead atoms. The van der Waals surface area contributed by atoms with Gasteiger partial charge in [-0.2, -0.15) is 0 Å². The van der Waals surface area contributed by atoms with Gasteiger partial charge in [-0.05, 0) is 36.5 Å². The summed E-state index contributed by atoms with van der Waals surface area (Å²) in [6.45, 7) is 8.09. The lowest BCUT2D eigenvalue weighted by Gasteiger charge is -2.21. The minimum absolute atomic E-state index is 0. The number of esters is 1. The number of phenolic OH excluding ortho intramolecular Hbond substituents is 1. The number of phenols is 1. The highest BCUT2D eigenvalue weighted by molar-refractivity contribution is 6.00. The average Bonchev–Trinajstić information content (AvgIpc) is 2.40. The van der Waals surface area contributed by atoms with E-state index >= 15 is 0 Å². The molecule has 0 saturated carbocycles. The van der Waals surface area contributed by atoms with Crippen LogP contribution < -0.4 is 5.73 Å². The maximum atomic E-state index is 12.3. The van der Waals surface area contributed by atoms with Gasteiger partial charge in [0.25, 0.3) is 0 Å². The SMILES string of the molecule is CCOC(=O)CCCC(=O)c1cc(C(C)(C)C)cc(N)c1O.Cl. The summed E-state index contributed by atoms with van der Waals surface area (Å²) in [5, 5.41) is 10.0. The van der Waals surface area contributed by atoms with E-state index in [1.165, 1.54) is 0 Å². The highest BCUT2D eigenvalue weighted by Crippen LogP contribution is 2.33. The van der Waals surface area contributed by atoms with Crippen LogP contribution in [-0.4, -0.2) is 23.5 Å². The van der Waals surface area contributed by atoms with E-state index in [0.717, 1.165) is 5.56 Å². The number of carbonyl (C=O) groups excluding carboxylic acids is 2. The van der Waals surface area contributed by atoms with Gasteiger partial charge in [-0.1, -0.05) is 20.8 Å². The molecule has 0 atom stereocenters. The molecule has 1 aromatic carbocycles. The first-order valence-corrected chi connectivity index (χ1v) is 7.48. The van der Waals surface area contributed by atoms with Crippen molar-refractivity contribution in [2.75, 3.05) is 12.3 Å². The van der Waals surface area contributed by atoms with Crippen molar-refractivity contribution in [2.24, 2.45) is 0 Å². The standard InChI is InChI=1S/C17H25NO4.ClH/c1-5-22-15(20)8-6-7-14(19)12-9-11(17(2,3)4)10-13(18)16(12)21;/h9-10,21H,5-8,18H2,1-4H3;1H. The molecule has 0 aliphatic heterocycles. The molecule has 0 amide bonds. The topological polar surface area (TPSA) is 89.6 Å². The molecule has 0 aliphatic carbocycles. The zero-order chi connectivity index (χ0) is 16.9. The maximum Gasteiger partial charge on any atom is 0.305 e. The van der Waals surface area contributed by atoms with Crippen molar-refractivity contribution in [1.29, 1.82) is 0 Å². The monoisotopic (exact) mass is 343 g/mol. The molecule has 0 aromatic heterocycles. The van der Waals surface area contributed by atoms with E-state index in [1.807, 2.05) is 20.8 Å². The second kappa shape index (κ2) is 8.77.